The second-order valence-electron chi connectivity index (χ2n) is 8.44. The summed E-state index contributed by atoms with van der Waals surface area (Å²) in [6.07, 6.45) is 0. The number of nitrogens with two attached hydrogens (primary N) is 1. The smallest absolute Gasteiger partial charge is 0.330 e. The second-order valence-corrected chi connectivity index (χ2v) is 8.44. The van der Waals surface area contributed by atoms with Crippen molar-refractivity contribution >= 4 is 23.1 Å². The Bertz CT molecular complexity index is 1250. The molecule has 186 valence electrons. The fraction of sp³-hybridized carbons (Fsp3) is 0.346. The van der Waals surface area contributed by atoms with Crippen molar-refractivity contribution in [2.24, 2.45) is 0 Å². The molecule has 0 aliphatic rings. The number of nitrogens with one attached hydrogen (secondary N) is 1. The zero-order valence-corrected chi connectivity index (χ0v) is 20.7. The van der Waals surface area contributed by atoms with Crippen LogP contribution in [0.4, 0.5) is 17.2 Å². The first kappa shape index (κ1) is 25.8. The molecule has 0 aliphatic carbocycles. The van der Waals surface area contributed by atoms with Gasteiger partial charge in [0.25, 0.3) is 11.5 Å². The third-order valence-corrected chi connectivity index (χ3v) is 5.84. The van der Waals surface area contributed by atoms with Gasteiger partial charge < -0.3 is 15.4 Å². The SMILES string of the molecule is CCN(c1ccc(C(=O)N(CCOC)c2c(N)n(Cc3ccccc3)c(=O)[nH]c2=O)cc1)C(C)C. The molecule has 0 atom stereocenters. The number of hydrogen-bond acceptors (Lipinski definition) is 6. The maximum absolute atomic E-state index is 13.6. The fourth-order valence-corrected chi connectivity index (χ4v) is 4.06. The van der Waals surface area contributed by atoms with Gasteiger partial charge in [-0.15, -0.1) is 0 Å². The van der Waals surface area contributed by atoms with Crippen molar-refractivity contribution in [1.29, 1.82) is 0 Å². The van der Waals surface area contributed by atoms with E-state index < -0.39 is 17.2 Å². The molecule has 3 aromatic rings. The molecule has 3 N–H and O–H groups in total. The molecule has 1 amide bonds. The molecular weight excluding hydrogens is 446 g/mol. The zero-order valence-electron chi connectivity index (χ0n) is 20.7. The van der Waals surface area contributed by atoms with E-state index in [1.807, 2.05) is 42.5 Å². The summed E-state index contributed by atoms with van der Waals surface area (Å²) in [6.45, 7) is 7.53. The van der Waals surface area contributed by atoms with Crippen LogP contribution in [0.1, 0.15) is 36.7 Å². The first-order valence-electron chi connectivity index (χ1n) is 11.6. The summed E-state index contributed by atoms with van der Waals surface area (Å²) in [4.78, 5) is 44.8. The van der Waals surface area contributed by atoms with Gasteiger partial charge in [-0.3, -0.25) is 24.0 Å². The third kappa shape index (κ3) is 5.81. The number of carbonyl (C=O) groups is 1. The quantitative estimate of drug-likeness (QED) is 0.462. The number of hydrogen-bond donors (Lipinski definition) is 2. The van der Waals surface area contributed by atoms with Gasteiger partial charge in [0, 0.05) is 37.5 Å². The van der Waals surface area contributed by atoms with Gasteiger partial charge in [-0.2, -0.15) is 0 Å². The Balaban J connectivity index is 2.03. The van der Waals surface area contributed by atoms with Crippen molar-refractivity contribution < 1.29 is 9.53 Å². The minimum atomic E-state index is -0.727. The van der Waals surface area contributed by atoms with Gasteiger partial charge in [0.2, 0.25) is 0 Å². The number of amides is 1. The van der Waals surface area contributed by atoms with Crippen LogP contribution in [0.5, 0.6) is 0 Å². The number of benzene rings is 2. The van der Waals surface area contributed by atoms with Crippen molar-refractivity contribution in [3.05, 3.63) is 86.6 Å². The van der Waals surface area contributed by atoms with Crippen LogP contribution in [0.15, 0.2) is 64.2 Å². The molecular formula is C26H33N5O4. The number of nitrogens with zero attached hydrogens (tertiary/aromatic N) is 3. The molecule has 9 heteroatoms. The Morgan fingerprint density at radius 2 is 1.74 bits per heavy atom. The number of aromatic amines is 1. The van der Waals surface area contributed by atoms with E-state index >= 15 is 0 Å². The van der Waals surface area contributed by atoms with E-state index in [0.29, 0.717) is 11.6 Å². The molecule has 3 rings (SSSR count). The largest absolute Gasteiger partial charge is 0.383 e. The number of H-pyrrole nitrogens is 1. The predicted octanol–water partition coefficient (Wildman–Crippen LogP) is 2.70. The number of carbonyl (C=O) groups excluding carboxylic acids is 1. The predicted molar refractivity (Wildman–Crippen MR) is 139 cm³/mol. The average molecular weight is 480 g/mol. The summed E-state index contributed by atoms with van der Waals surface area (Å²) in [5, 5.41) is 0. The highest BCUT2D eigenvalue weighted by Crippen LogP contribution is 2.22. The van der Waals surface area contributed by atoms with Gasteiger partial charge in [-0.25, -0.2) is 4.79 Å². The highest BCUT2D eigenvalue weighted by molar-refractivity contribution is 6.07. The summed E-state index contributed by atoms with van der Waals surface area (Å²) >= 11 is 0. The molecule has 0 bridgehead atoms. The van der Waals surface area contributed by atoms with Crippen molar-refractivity contribution in [1.82, 2.24) is 9.55 Å². The first-order valence-corrected chi connectivity index (χ1v) is 11.6. The lowest BCUT2D eigenvalue weighted by Gasteiger charge is -2.28. The number of aromatic nitrogens is 2. The van der Waals surface area contributed by atoms with Gasteiger partial charge >= 0.3 is 5.69 Å². The monoisotopic (exact) mass is 479 g/mol. The Labute approximate surface area is 204 Å². The highest BCUT2D eigenvalue weighted by atomic mass is 16.5. The molecule has 35 heavy (non-hydrogen) atoms. The molecule has 9 nitrogen and oxygen atoms in total. The zero-order chi connectivity index (χ0) is 25.5. The summed E-state index contributed by atoms with van der Waals surface area (Å²) in [5.74, 6) is -0.496. The second kappa shape index (κ2) is 11.5. The summed E-state index contributed by atoms with van der Waals surface area (Å²) in [7, 11) is 1.51. The van der Waals surface area contributed by atoms with E-state index in [-0.39, 0.29) is 31.2 Å². The molecule has 0 spiro atoms. The van der Waals surface area contributed by atoms with Crippen LogP contribution in [0.25, 0.3) is 0 Å². The molecule has 0 radical (unpaired) electrons. The minimum Gasteiger partial charge on any atom is -0.383 e. The van der Waals surface area contributed by atoms with Gasteiger partial charge in [0.1, 0.15) is 5.82 Å². The van der Waals surface area contributed by atoms with E-state index in [2.05, 4.69) is 30.7 Å². The summed E-state index contributed by atoms with van der Waals surface area (Å²) < 4.78 is 6.43. The molecule has 2 aromatic carbocycles. The van der Waals surface area contributed by atoms with Gasteiger partial charge in [0.05, 0.1) is 13.2 Å². The maximum Gasteiger partial charge on any atom is 0.330 e. The van der Waals surface area contributed by atoms with Crippen LogP contribution in [-0.2, 0) is 11.3 Å². The van der Waals surface area contributed by atoms with Crippen LogP contribution in [0.2, 0.25) is 0 Å². The molecule has 0 saturated heterocycles. The van der Waals surface area contributed by atoms with Crippen LogP contribution < -0.4 is 26.8 Å². The molecule has 0 saturated carbocycles. The van der Waals surface area contributed by atoms with E-state index in [1.54, 1.807) is 12.1 Å². The highest BCUT2D eigenvalue weighted by Gasteiger charge is 2.25. The lowest BCUT2D eigenvalue weighted by Crippen LogP contribution is -2.42. The van der Waals surface area contributed by atoms with E-state index in [0.717, 1.165) is 17.8 Å². The van der Waals surface area contributed by atoms with Crippen molar-refractivity contribution in [2.75, 3.05) is 42.3 Å². The fourth-order valence-electron chi connectivity index (χ4n) is 4.06. The van der Waals surface area contributed by atoms with E-state index in [4.69, 9.17) is 10.5 Å². The Morgan fingerprint density at radius 3 is 2.31 bits per heavy atom. The number of methoxy groups -OCH3 is 1. The topological polar surface area (TPSA) is 114 Å². The lowest BCUT2D eigenvalue weighted by molar-refractivity contribution is 0.0975. The Kier molecular flexibility index (Phi) is 8.48. The lowest BCUT2D eigenvalue weighted by atomic mass is 10.1. The average Bonchev–Trinajstić information content (AvgIpc) is 2.84. The van der Waals surface area contributed by atoms with Crippen molar-refractivity contribution in [3.8, 4) is 0 Å². The molecule has 0 unspecified atom stereocenters. The minimum absolute atomic E-state index is 0.0796. The Hall–Kier alpha value is -3.85. The number of anilines is 3. The van der Waals surface area contributed by atoms with E-state index in [1.165, 1.54) is 16.6 Å². The summed E-state index contributed by atoms with van der Waals surface area (Å²) in [6, 6.07) is 16.8. The number of nitrogen functional groups attached to an aromatic ring is 1. The van der Waals surface area contributed by atoms with Crippen LogP contribution in [-0.4, -0.2) is 48.3 Å². The molecule has 0 fully saturated rings. The van der Waals surface area contributed by atoms with Crippen LogP contribution >= 0.6 is 0 Å². The van der Waals surface area contributed by atoms with Gasteiger partial charge in [-0.05, 0) is 50.6 Å². The van der Waals surface area contributed by atoms with Crippen LogP contribution in [0.3, 0.4) is 0 Å². The molecule has 1 heterocycles. The first-order chi connectivity index (χ1) is 16.8. The number of rotatable bonds is 10. The van der Waals surface area contributed by atoms with E-state index in [9.17, 15) is 14.4 Å². The van der Waals surface area contributed by atoms with Crippen molar-refractivity contribution in [2.45, 2.75) is 33.4 Å². The number of ether oxygens (including phenoxy) is 1. The van der Waals surface area contributed by atoms with Gasteiger partial charge in [0.15, 0.2) is 5.69 Å². The standard InChI is InChI=1S/C26H33N5O4/c1-5-29(18(2)3)21-13-11-20(12-14-21)25(33)30(15-16-35-4)22-23(27)31(26(34)28-24(22)32)17-19-9-7-6-8-10-19/h6-14,18H,5,15-17,27H2,1-4H3,(H,28,32,34). The Morgan fingerprint density at radius 1 is 1.09 bits per heavy atom. The molecule has 0 aliphatic heterocycles. The van der Waals surface area contributed by atoms with Crippen LogP contribution in [0, 0.1) is 0 Å². The normalized spacial score (nSPS) is 11.0. The molecule has 1 aromatic heterocycles. The maximum atomic E-state index is 13.6. The summed E-state index contributed by atoms with van der Waals surface area (Å²) in [5.41, 5.74) is 7.11. The third-order valence-electron chi connectivity index (χ3n) is 5.84. The van der Waals surface area contributed by atoms with Gasteiger partial charge in [-0.1, -0.05) is 30.3 Å². The van der Waals surface area contributed by atoms with Crippen molar-refractivity contribution in [3.63, 3.8) is 0 Å².